The van der Waals surface area contributed by atoms with E-state index in [-0.39, 0.29) is 24.4 Å². The smallest absolute Gasteiger partial charge is 0.253 e. The maximum atomic E-state index is 12.0. The molecule has 16 heavy (non-hydrogen) atoms. The largest absolute Gasteiger partial charge is 0.337 e. The zero-order valence-electron chi connectivity index (χ0n) is 8.73. The molecule has 1 aliphatic rings. The molecular formula is C11H14BrClN2O. The van der Waals surface area contributed by atoms with Crippen LogP contribution in [-0.2, 0) is 0 Å². The van der Waals surface area contributed by atoms with Gasteiger partial charge in [0.25, 0.3) is 5.91 Å². The maximum Gasteiger partial charge on any atom is 0.253 e. The molecule has 88 valence electrons. The molecule has 0 saturated carbocycles. The van der Waals surface area contributed by atoms with Crippen molar-refractivity contribution >= 4 is 34.2 Å². The molecule has 2 rings (SSSR count). The van der Waals surface area contributed by atoms with Gasteiger partial charge < -0.3 is 10.6 Å². The molecule has 2 N–H and O–H groups in total. The van der Waals surface area contributed by atoms with Crippen LogP contribution in [-0.4, -0.2) is 29.9 Å². The molecule has 5 heteroatoms. The van der Waals surface area contributed by atoms with E-state index in [1.807, 2.05) is 29.2 Å². The topological polar surface area (TPSA) is 46.3 Å². The van der Waals surface area contributed by atoms with Gasteiger partial charge in [0.2, 0.25) is 0 Å². The third-order valence-electron chi connectivity index (χ3n) is 2.58. The van der Waals surface area contributed by atoms with Gasteiger partial charge in [0.1, 0.15) is 0 Å². The quantitative estimate of drug-likeness (QED) is 0.863. The van der Waals surface area contributed by atoms with E-state index in [9.17, 15) is 4.79 Å². The van der Waals surface area contributed by atoms with Crippen LogP contribution in [0.2, 0.25) is 0 Å². The van der Waals surface area contributed by atoms with Gasteiger partial charge in [-0.05, 0) is 24.6 Å². The first-order valence-electron chi connectivity index (χ1n) is 4.97. The third kappa shape index (κ3) is 2.97. The number of benzene rings is 1. The summed E-state index contributed by atoms with van der Waals surface area (Å²) in [6.45, 7) is 1.44. The molecule has 1 saturated heterocycles. The van der Waals surface area contributed by atoms with Crippen molar-refractivity contribution in [3.05, 3.63) is 34.3 Å². The fourth-order valence-corrected chi connectivity index (χ4v) is 2.18. The molecule has 0 aromatic heterocycles. The predicted molar refractivity (Wildman–Crippen MR) is 69.9 cm³/mol. The predicted octanol–water partition coefficient (Wildman–Crippen LogP) is 2.04. The first kappa shape index (κ1) is 13.5. The van der Waals surface area contributed by atoms with E-state index in [2.05, 4.69) is 15.9 Å². The molecule has 1 aliphatic heterocycles. The van der Waals surface area contributed by atoms with Crippen LogP contribution in [0.25, 0.3) is 0 Å². The minimum atomic E-state index is 0. The highest BCUT2D eigenvalue weighted by molar-refractivity contribution is 9.10. The molecule has 0 bridgehead atoms. The van der Waals surface area contributed by atoms with E-state index >= 15 is 0 Å². The van der Waals surface area contributed by atoms with Gasteiger partial charge in [0.05, 0.1) is 0 Å². The summed E-state index contributed by atoms with van der Waals surface area (Å²) in [5.41, 5.74) is 6.49. The Morgan fingerprint density at radius 3 is 2.81 bits per heavy atom. The van der Waals surface area contributed by atoms with E-state index in [0.29, 0.717) is 6.54 Å². The van der Waals surface area contributed by atoms with Crippen LogP contribution in [0, 0.1) is 0 Å². The third-order valence-corrected chi connectivity index (χ3v) is 3.08. The number of hydrogen-bond donors (Lipinski definition) is 1. The van der Waals surface area contributed by atoms with Gasteiger partial charge in [-0.1, -0.05) is 22.0 Å². The fourth-order valence-electron chi connectivity index (χ4n) is 1.78. The van der Waals surface area contributed by atoms with E-state index in [1.54, 1.807) is 0 Å². The second-order valence-electron chi connectivity index (χ2n) is 3.81. The molecule has 1 atom stereocenters. The number of halogens is 2. The van der Waals surface area contributed by atoms with Gasteiger partial charge >= 0.3 is 0 Å². The van der Waals surface area contributed by atoms with Gasteiger partial charge in [-0.3, -0.25) is 4.79 Å². The Morgan fingerprint density at radius 1 is 1.50 bits per heavy atom. The first-order chi connectivity index (χ1) is 7.16. The van der Waals surface area contributed by atoms with Crippen LogP contribution in [0.5, 0.6) is 0 Å². The summed E-state index contributed by atoms with van der Waals surface area (Å²) in [4.78, 5) is 13.8. The van der Waals surface area contributed by atoms with E-state index < -0.39 is 0 Å². The molecule has 1 aromatic rings. The van der Waals surface area contributed by atoms with E-state index in [0.717, 1.165) is 23.0 Å². The Balaban J connectivity index is 0.00000128. The molecule has 1 amide bonds. The Bertz CT molecular complexity index is 386. The standard InChI is InChI=1S/C11H13BrN2O.ClH/c12-9-3-1-2-8(6-9)11(15)14-5-4-10(13)7-14;/h1-3,6,10H,4-5,7,13H2;1H. The number of rotatable bonds is 1. The highest BCUT2D eigenvalue weighted by atomic mass is 79.9. The number of hydrogen-bond acceptors (Lipinski definition) is 2. The normalized spacial score (nSPS) is 19.4. The highest BCUT2D eigenvalue weighted by Gasteiger charge is 2.24. The molecule has 1 fully saturated rings. The van der Waals surface area contributed by atoms with Crippen molar-refractivity contribution in [3.8, 4) is 0 Å². The van der Waals surface area contributed by atoms with Gasteiger partial charge in [-0.15, -0.1) is 12.4 Å². The lowest BCUT2D eigenvalue weighted by Crippen LogP contribution is -2.31. The average Bonchev–Trinajstić information content (AvgIpc) is 2.64. The van der Waals surface area contributed by atoms with Gasteiger partial charge in [0.15, 0.2) is 0 Å². The molecule has 3 nitrogen and oxygen atoms in total. The minimum absolute atomic E-state index is 0. The van der Waals surface area contributed by atoms with Crippen molar-refractivity contribution in [1.82, 2.24) is 4.90 Å². The number of carbonyl (C=O) groups excluding carboxylic acids is 1. The van der Waals surface area contributed by atoms with E-state index in [4.69, 9.17) is 5.73 Å². The minimum Gasteiger partial charge on any atom is -0.337 e. The van der Waals surface area contributed by atoms with Crippen molar-refractivity contribution in [2.45, 2.75) is 12.5 Å². The van der Waals surface area contributed by atoms with Crippen LogP contribution < -0.4 is 5.73 Å². The Labute approximate surface area is 110 Å². The Kier molecular flexibility index (Phi) is 4.77. The van der Waals surface area contributed by atoms with E-state index in [1.165, 1.54) is 0 Å². The number of carbonyl (C=O) groups is 1. The summed E-state index contributed by atoms with van der Waals surface area (Å²) in [6.07, 6.45) is 0.903. The van der Waals surface area contributed by atoms with Crippen LogP contribution in [0.15, 0.2) is 28.7 Å². The fraction of sp³-hybridized carbons (Fsp3) is 0.364. The summed E-state index contributed by atoms with van der Waals surface area (Å²) in [7, 11) is 0. The molecule has 1 heterocycles. The van der Waals surface area contributed by atoms with Crippen molar-refractivity contribution in [1.29, 1.82) is 0 Å². The summed E-state index contributed by atoms with van der Waals surface area (Å²) < 4.78 is 0.928. The molecule has 1 unspecified atom stereocenters. The first-order valence-corrected chi connectivity index (χ1v) is 5.76. The van der Waals surface area contributed by atoms with Gasteiger partial charge in [-0.2, -0.15) is 0 Å². The summed E-state index contributed by atoms with van der Waals surface area (Å²) in [5.74, 6) is 0.0734. The zero-order chi connectivity index (χ0) is 10.8. The maximum absolute atomic E-state index is 12.0. The van der Waals surface area contributed by atoms with Crippen LogP contribution >= 0.6 is 28.3 Å². The molecule has 0 spiro atoms. The average molecular weight is 306 g/mol. The second kappa shape index (κ2) is 5.66. The van der Waals surface area contributed by atoms with Crippen molar-refractivity contribution in [2.24, 2.45) is 5.73 Å². The number of nitrogens with two attached hydrogens (primary N) is 1. The lowest BCUT2D eigenvalue weighted by Gasteiger charge is -2.15. The number of likely N-dealkylation sites (tertiary alicyclic amines) is 1. The lowest BCUT2D eigenvalue weighted by atomic mass is 10.2. The number of amides is 1. The summed E-state index contributed by atoms with van der Waals surface area (Å²) in [5, 5.41) is 0. The highest BCUT2D eigenvalue weighted by Crippen LogP contribution is 2.16. The van der Waals surface area contributed by atoms with Gasteiger partial charge in [0, 0.05) is 29.2 Å². The molecule has 0 radical (unpaired) electrons. The zero-order valence-corrected chi connectivity index (χ0v) is 11.1. The Morgan fingerprint density at radius 2 is 2.25 bits per heavy atom. The lowest BCUT2D eigenvalue weighted by molar-refractivity contribution is 0.0791. The van der Waals surface area contributed by atoms with Gasteiger partial charge in [-0.25, -0.2) is 0 Å². The van der Waals surface area contributed by atoms with Crippen molar-refractivity contribution in [2.75, 3.05) is 13.1 Å². The Hall–Kier alpha value is -0.580. The van der Waals surface area contributed by atoms with Crippen molar-refractivity contribution < 1.29 is 4.79 Å². The summed E-state index contributed by atoms with van der Waals surface area (Å²) >= 11 is 3.36. The molecular weight excluding hydrogens is 291 g/mol. The summed E-state index contributed by atoms with van der Waals surface area (Å²) in [6, 6.07) is 7.59. The molecule has 0 aliphatic carbocycles. The second-order valence-corrected chi connectivity index (χ2v) is 4.73. The monoisotopic (exact) mass is 304 g/mol. The van der Waals surface area contributed by atoms with Crippen LogP contribution in [0.3, 0.4) is 0 Å². The van der Waals surface area contributed by atoms with Crippen LogP contribution in [0.1, 0.15) is 16.8 Å². The van der Waals surface area contributed by atoms with Crippen molar-refractivity contribution in [3.63, 3.8) is 0 Å². The SMILES string of the molecule is Cl.NC1CCN(C(=O)c2cccc(Br)c2)C1. The molecule has 1 aromatic carbocycles. The van der Waals surface area contributed by atoms with Crippen LogP contribution in [0.4, 0.5) is 0 Å². The number of nitrogens with zero attached hydrogens (tertiary/aromatic N) is 1.